The van der Waals surface area contributed by atoms with Crippen molar-refractivity contribution in [2.24, 2.45) is 0 Å². The van der Waals surface area contributed by atoms with Crippen LogP contribution in [0.15, 0.2) is 85.6 Å². The minimum Gasteiger partial charge on any atom is -0.345 e. The van der Waals surface area contributed by atoms with E-state index in [1.54, 1.807) is 23.1 Å². The molecule has 1 heterocycles. The van der Waals surface area contributed by atoms with Gasteiger partial charge in [0.25, 0.3) is 5.91 Å². The highest BCUT2D eigenvalue weighted by atomic mass is 35.5. The van der Waals surface area contributed by atoms with E-state index in [-0.39, 0.29) is 5.91 Å². The maximum Gasteiger partial charge on any atom is 0.256 e. The molecular formula is C22H21ClN2O. The number of carbonyl (C=O) groups is 1. The zero-order valence-electron chi connectivity index (χ0n) is 14.5. The van der Waals surface area contributed by atoms with E-state index in [0.29, 0.717) is 23.7 Å². The first-order valence-corrected chi connectivity index (χ1v) is 8.89. The summed E-state index contributed by atoms with van der Waals surface area (Å²) in [6, 6.07) is 21.4. The topological polar surface area (TPSA) is 25.2 Å². The second kappa shape index (κ2) is 8.54. The molecule has 0 N–H and O–H groups in total. The van der Waals surface area contributed by atoms with E-state index in [2.05, 4.69) is 23.3 Å². The fourth-order valence-electron chi connectivity index (χ4n) is 2.90. The normalized spacial score (nSPS) is 10.5. The average molecular weight is 365 g/mol. The number of halogens is 1. The number of nitrogens with zero attached hydrogens (tertiary/aromatic N) is 2. The predicted octanol–water partition coefficient (Wildman–Crippen LogP) is 5.02. The Kier molecular flexibility index (Phi) is 5.92. The van der Waals surface area contributed by atoms with Gasteiger partial charge in [0.2, 0.25) is 0 Å². The molecule has 0 fully saturated rings. The minimum absolute atomic E-state index is 0.0945. The number of carbonyl (C=O) groups excluding carboxylic acids is 1. The Morgan fingerprint density at radius 2 is 1.77 bits per heavy atom. The Morgan fingerprint density at radius 1 is 1.04 bits per heavy atom. The van der Waals surface area contributed by atoms with E-state index >= 15 is 0 Å². The van der Waals surface area contributed by atoms with Crippen LogP contribution in [0, 0.1) is 0 Å². The van der Waals surface area contributed by atoms with Crippen LogP contribution in [0.1, 0.15) is 21.6 Å². The van der Waals surface area contributed by atoms with Crippen molar-refractivity contribution in [3.63, 3.8) is 0 Å². The summed E-state index contributed by atoms with van der Waals surface area (Å²) in [6.07, 6.45) is 3.77. The Morgan fingerprint density at radius 3 is 2.50 bits per heavy atom. The maximum absolute atomic E-state index is 12.9. The highest BCUT2D eigenvalue weighted by molar-refractivity contribution is 6.33. The molecule has 0 bridgehead atoms. The number of hydrogen-bond donors (Lipinski definition) is 0. The van der Waals surface area contributed by atoms with E-state index in [1.807, 2.05) is 48.7 Å². The Hall–Kier alpha value is -2.78. The summed E-state index contributed by atoms with van der Waals surface area (Å²) in [4.78, 5) is 14.7. The van der Waals surface area contributed by atoms with Crippen LogP contribution in [-0.2, 0) is 13.1 Å². The molecule has 0 aliphatic rings. The van der Waals surface area contributed by atoms with Crippen molar-refractivity contribution >= 4 is 17.5 Å². The summed E-state index contributed by atoms with van der Waals surface area (Å²) in [6.45, 7) is 5.51. The van der Waals surface area contributed by atoms with Gasteiger partial charge in [0.05, 0.1) is 17.1 Å². The zero-order valence-corrected chi connectivity index (χ0v) is 15.3. The van der Waals surface area contributed by atoms with Crippen molar-refractivity contribution in [3.8, 4) is 0 Å². The average Bonchev–Trinajstić information content (AvgIpc) is 3.09. The Bertz CT molecular complexity index is 886. The largest absolute Gasteiger partial charge is 0.345 e. The number of benzene rings is 2. The molecule has 3 aromatic rings. The van der Waals surface area contributed by atoms with Gasteiger partial charge < -0.3 is 9.47 Å². The number of rotatable bonds is 7. The standard InChI is InChI=1S/C22H21ClN2O/c1-2-14-25(22(26)20-12-6-7-13-21(20)23)17-19-11-8-15-24(19)16-18-9-4-3-5-10-18/h2-13,15H,1,14,16-17H2. The quantitative estimate of drug-likeness (QED) is 0.540. The van der Waals surface area contributed by atoms with Gasteiger partial charge >= 0.3 is 0 Å². The molecule has 132 valence electrons. The number of amides is 1. The van der Waals surface area contributed by atoms with E-state index in [4.69, 9.17) is 11.6 Å². The van der Waals surface area contributed by atoms with E-state index in [9.17, 15) is 4.79 Å². The molecule has 1 amide bonds. The van der Waals surface area contributed by atoms with Crippen molar-refractivity contribution in [3.05, 3.63) is 107 Å². The van der Waals surface area contributed by atoms with Gasteiger partial charge in [-0.1, -0.05) is 60.1 Å². The SMILES string of the molecule is C=CCN(Cc1cccn1Cc1ccccc1)C(=O)c1ccccc1Cl. The lowest BCUT2D eigenvalue weighted by Gasteiger charge is -2.23. The molecule has 0 unspecified atom stereocenters. The lowest BCUT2D eigenvalue weighted by Crippen LogP contribution is -2.31. The summed E-state index contributed by atoms with van der Waals surface area (Å²) in [5.41, 5.74) is 2.80. The van der Waals surface area contributed by atoms with E-state index in [0.717, 1.165) is 12.2 Å². The van der Waals surface area contributed by atoms with Crippen LogP contribution in [0.3, 0.4) is 0 Å². The van der Waals surface area contributed by atoms with Gasteiger partial charge in [-0.05, 0) is 29.8 Å². The molecule has 0 saturated heterocycles. The molecule has 0 aliphatic carbocycles. The van der Waals surface area contributed by atoms with Crippen molar-refractivity contribution in [2.75, 3.05) is 6.54 Å². The van der Waals surface area contributed by atoms with E-state index < -0.39 is 0 Å². The second-order valence-electron chi connectivity index (χ2n) is 6.07. The maximum atomic E-state index is 12.9. The third kappa shape index (κ3) is 4.24. The second-order valence-corrected chi connectivity index (χ2v) is 6.47. The fraction of sp³-hybridized carbons (Fsp3) is 0.136. The number of aromatic nitrogens is 1. The molecule has 2 aromatic carbocycles. The molecule has 4 heteroatoms. The van der Waals surface area contributed by atoms with Gasteiger partial charge in [-0.2, -0.15) is 0 Å². The highest BCUT2D eigenvalue weighted by Crippen LogP contribution is 2.19. The zero-order chi connectivity index (χ0) is 18.4. The third-order valence-electron chi connectivity index (χ3n) is 4.21. The molecule has 0 aliphatic heterocycles. The first-order chi connectivity index (χ1) is 12.7. The summed E-state index contributed by atoms with van der Waals surface area (Å²) < 4.78 is 2.16. The molecule has 0 saturated carbocycles. The van der Waals surface area contributed by atoms with Crippen LogP contribution >= 0.6 is 11.6 Å². The van der Waals surface area contributed by atoms with Crippen LogP contribution in [0.5, 0.6) is 0 Å². The van der Waals surface area contributed by atoms with Crippen molar-refractivity contribution in [1.82, 2.24) is 9.47 Å². The fourth-order valence-corrected chi connectivity index (χ4v) is 3.12. The van der Waals surface area contributed by atoms with Crippen LogP contribution in [0.2, 0.25) is 5.02 Å². The van der Waals surface area contributed by atoms with Crippen LogP contribution in [0.4, 0.5) is 0 Å². The van der Waals surface area contributed by atoms with E-state index in [1.165, 1.54) is 5.56 Å². The monoisotopic (exact) mass is 364 g/mol. The van der Waals surface area contributed by atoms with Gasteiger partial charge in [-0.15, -0.1) is 6.58 Å². The smallest absolute Gasteiger partial charge is 0.256 e. The third-order valence-corrected chi connectivity index (χ3v) is 4.54. The molecule has 1 aromatic heterocycles. The lowest BCUT2D eigenvalue weighted by atomic mass is 10.2. The minimum atomic E-state index is -0.0945. The summed E-state index contributed by atoms with van der Waals surface area (Å²) >= 11 is 6.21. The van der Waals surface area contributed by atoms with Crippen molar-refractivity contribution < 1.29 is 4.79 Å². The van der Waals surface area contributed by atoms with Gasteiger partial charge in [-0.25, -0.2) is 0 Å². The van der Waals surface area contributed by atoms with Gasteiger partial charge in [0.15, 0.2) is 0 Å². The summed E-state index contributed by atoms with van der Waals surface area (Å²) in [5.74, 6) is -0.0945. The highest BCUT2D eigenvalue weighted by Gasteiger charge is 2.18. The molecule has 26 heavy (non-hydrogen) atoms. The summed E-state index contributed by atoms with van der Waals surface area (Å²) in [7, 11) is 0. The van der Waals surface area contributed by atoms with Crippen LogP contribution in [0.25, 0.3) is 0 Å². The summed E-state index contributed by atoms with van der Waals surface area (Å²) in [5, 5.41) is 0.464. The number of hydrogen-bond acceptors (Lipinski definition) is 1. The molecule has 0 spiro atoms. The van der Waals surface area contributed by atoms with Crippen LogP contribution < -0.4 is 0 Å². The molecule has 0 radical (unpaired) electrons. The van der Waals surface area contributed by atoms with Crippen molar-refractivity contribution in [1.29, 1.82) is 0 Å². The van der Waals surface area contributed by atoms with Gasteiger partial charge in [-0.3, -0.25) is 4.79 Å². The van der Waals surface area contributed by atoms with Crippen molar-refractivity contribution in [2.45, 2.75) is 13.1 Å². The Labute approximate surface area is 159 Å². The lowest BCUT2D eigenvalue weighted by molar-refractivity contribution is 0.0759. The van der Waals surface area contributed by atoms with Crippen LogP contribution in [-0.4, -0.2) is 21.9 Å². The molecule has 3 nitrogen and oxygen atoms in total. The Balaban J connectivity index is 1.81. The molecule has 0 atom stereocenters. The first-order valence-electron chi connectivity index (χ1n) is 8.51. The molecular weight excluding hydrogens is 344 g/mol. The van der Waals surface area contributed by atoms with Gasteiger partial charge in [0, 0.05) is 25.0 Å². The first kappa shape index (κ1) is 18.0. The predicted molar refractivity (Wildman–Crippen MR) is 106 cm³/mol. The van der Waals surface area contributed by atoms with Gasteiger partial charge in [0.1, 0.15) is 0 Å². The molecule has 3 rings (SSSR count).